The van der Waals surface area contributed by atoms with E-state index in [1.807, 2.05) is 57.0 Å². The van der Waals surface area contributed by atoms with Gasteiger partial charge in [-0.3, -0.25) is 9.78 Å². The molecule has 5 heteroatoms. The molecule has 3 heterocycles. The van der Waals surface area contributed by atoms with Gasteiger partial charge in [-0.15, -0.1) is 0 Å². The minimum absolute atomic E-state index is 0.0736. The number of aryl methyl sites for hydroxylation is 1. The number of hydrogen-bond donors (Lipinski definition) is 0. The van der Waals surface area contributed by atoms with E-state index in [0.717, 1.165) is 22.6 Å². The van der Waals surface area contributed by atoms with E-state index in [0.29, 0.717) is 13.1 Å². The SMILES string of the molecule is Cc1cc(C(=O)N2C[C@@H](C)O[C@@H](C)C2)c(C)n1-c1cccnc1. The van der Waals surface area contributed by atoms with E-state index in [9.17, 15) is 4.79 Å². The van der Waals surface area contributed by atoms with Gasteiger partial charge in [-0.1, -0.05) is 0 Å². The zero-order valence-corrected chi connectivity index (χ0v) is 14.1. The van der Waals surface area contributed by atoms with Crippen LogP contribution in [0.5, 0.6) is 0 Å². The molecule has 2 aromatic rings. The van der Waals surface area contributed by atoms with E-state index in [1.165, 1.54) is 0 Å². The summed E-state index contributed by atoms with van der Waals surface area (Å²) in [5, 5.41) is 0. The number of carbonyl (C=O) groups excluding carboxylic acids is 1. The van der Waals surface area contributed by atoms with Gasteiger partial charge >= 0.3 is 0 Å². The van der Waals surface area contributed by atoms with Crippen molar-refractivity contribution in [2.75, 3.05) is 13.1 Å². The second kappa shape index (κ2) is 6.16. The molecule has 0 bridgehead atoms. The van der Waals surface area contributed by atoms with Gasteiger partial charge < -0.3 is 14.2 Å². The zero-order valence-electron chi connectivity index (χ0n) is 14.1. The first kappa shape index (κ1) is 15.7. The molecule has 5 nitrogen and oxygen atoms in total. The maximum atomic E-state index is 12.9. The maximum Gasteiger partial charge on any atom is 0.255 e. The molecule has 1 amide bonds. The molecule has 1 saturated heterocycles. The molecule has 1 fully saturated rings. The van der Waals surface area contributed by atoms with Crippen molar-refractivity contribution < 1.29 is 9.53 Å². The number of nitrogens with zero attached hydrogens (tertiary/aromatic N) is 3. The van der Waals surface area contributed by atoms with E-state index in [2.05, 4.69) is 9.55 Å². The molecule has 2 atom stereocenters. The molecule has 1 aliphatic rings. The fraction of sp³-hybridized carbons (Fsp3) is 0.444. The molecule has 0 spiro atoms. The van der Waals surface area contributed by atoms with Gasteiger partial charge in [0.1, 0.15) is 0 Å². The largest absolute Gasteiger partial charge is 0.372 e. The van der Waals surface area contributed by atoms with Crippen LogP contribution in [-0.4, -0.2) is 45.7 Å². The Balaban J connectivity index is 1.93. The van der Waals surface area contributed by atoms with Crippen molar-refractivity contribution in [3.8, 4) is 5.69 Å². The number of carbonyl (C=O) groups is 1. The average Bonchev–Trinajstić information content (AvgIpc) is 2.81. The number of rotatable bonds is 2. The zero-order chi connectivity index (χ0) is 16.6. The van der Waals surface area contributed by atoms with E-state index >= 15 is 0 Å². The third-order valence-electron chi connectivity index (χ3n) is 4.27. The lowest BCUT2D eigenvalue weighted by Crippen LogP contribution is -2.48. The summed E-state index contributed by atoms with van der Waals surface area (Å²) >= 11 is 0. The quantitative estimate of drug-likeness (QED) is 0.856. The van der Waals surface area contributed by atoms with Gasteiger partial charge in [-0.2, -0.15) is 0 Å². The van der Waals surface area contributed by atoms with Gasteiger partial charge in [0.25, 0.3) is 5.91 Å². The summed E-state index contributed by atoms with van der Waals surface area (Å²) in [7, 11) is 0. The molecule has 23 heavy (non-hydrogen) atoms. The highest BCUT2D eigenvalue weighted by Crippen LogP contribution is 2.23. The highest BCUT2D eigenvalue weighted by atomic mass is 16.5. The summed E-state index contributed by atoms with van der Waals surface area (Å²) in [5.41, 5.74) is 3.72. The van der Waals surface area contributed by atoms with E-state index in [1.54, 1.807) is 6.20 Å². The van der Waals surface area contributed by atoms with Crippen LogP contribution >= 0.6 is 0 Å². The third-order valence-corrected chi connectivity index (χ3v) is 4.27. The Kier molecular flexibility index (Phi) is 4.22. The van der Waals surface area contributed by atoms with E-state index < -0.39 is 0 Å². The van der Waals surface area contributed by atoms with Crippen LogP contribution in [0.3, 0.4) is 0 Å². The van der Waals surface area contributed by atoms with E-state index in [-0.39, 0.29) is 18.1 Å². The minimum Gasteiger partial charge on any atom is -0.372 e. The molecule has 0 aliphatic carbocycles. The van der Waals surface area contributed by atoms with Crippen molar-refractivity contribution in [3.05, 3.63) is 47.5 Å². The van der Waals surface area contributed by atoms with Gasteiger partial charge in [-0.25, -0.2) is 0 Å². The van der Waals surface area contributed by atoms with Crippen LogP contribution in [-0.2, 0) is 4.74 Å². The molecule has 0 unspecified atom stereocenters. The van der Waals surface area contributed by atoms with Crippen molar-refractivity contribution in [2.45, 2.75) is 39.9 Å². The lowest BCUT2D eigenvalue weighted by Gasteiger charge is -2.35. The summed E-state index contributed by atoms with van der Waals surface area (Å²) in [6, 6.07) is 5.87. The Hall–Kier alpha value is -2.14. The number of ether oxygens (including phenoxy) is 1. The Labute approximate surface area is 136 Å². The molecule has 0 aromatic carbocycles. The van der Waals surface area contributed by atoms with Crippen LogP contribution < -0.4 is 0 Å². The van der Waals surface area contributed by atoms with Gasteiger partial charge in [0.2, 0.25) is 0 Å². The number of pyridine rings is 1. The van der Waals surface area contributed by atoms with Crippen molar-refractivity contribution in [1.82, 2.24) is 14.5 Å². The van der Waals surface area contributed by atoms with Crippen molar-refractivity contribution in [3.63, 3.8) is 0 Å². The van der Waals surface area contributed by atoms with Crippen LogP contribution in [0.1, 0.15) is 35.6 Å². The average molecular weight is 313 g/mol. The number of hydrogen-bond acceptors (Lipinski definition) is 3. The summed E-state index contributed by atoms with van der Waals surface area (Å²) in [5.74, 6) is 0.0789. The van der Waals surface area contributed by atoms with Crippen LogP contribution in [0.25, 0.3) is 5.69 Å². The standard InChI is InChI=1S/C18H23N3O2/c1-12-8-17(15(4)21(12)16-6-5-7-19-9-16)18(22)20-10-13(2)23-14(3)11-20/h5-9,13-14H,10-11H2,1-4H3/t13-,14+. The van der Waals surface area contributed by atoms with Gasteiger partial charge in [0, 0.05) is 30.7 Å². The second-order valence-electron chi connectivity index (χ2n) is 6.30. The van der Waals surface area contributed by atoms with Gasteiger partial charge in [0.05, 0.1) is 29.7 Å². The highest BCUT2D eigenvalue weighted by Gasteiger charge is 2.28. The fourth-order valence-corrected chi connectivity index (χ4v) is 3.38. The second-order valence-corrected chi connectivity index (χ2v) is 6.30. The summed E-state index contributed by atoms with van der Waals surface area (Å²) in [4.78, 5) is 19.0. The van der Waals surface area contributed by atoms with Crippen LogP contribution in [0.4, 0.5) is 0 Å². The number of morpholine rings is 1. The first-order valence-corrected chi connectivity index (χ1v) is 8.01. The molecule has 3 rings (SSSR count). The van der Waals surface area contributed by atoms with Crippen molar-refractivity contribution in [2.24, 2.45) is 0 Å². The van der Waals surface area contributed by atoms with Crippen LogP contribution in [0.2, 0.25) is 0 Å². The summed E-state index contributed by atoms with van der Waals surface area (Å²) in [6.45, 7) is 9.30. The smallest absolute Gasteiger partial charge is 0.255 e. The van der Waals surface area contributed by atoms with Crippen molar-refractivity contribution in [1.29, 1.82) is 0 Å². The van der Waals surface area contributed by atoms with Crippen LogP contribution in [0, 0.1) is 13.8 Å². The Morgan fingerprint density at radius 3 is 2.57 bits per heavy atom. The Bertz CT molecular complexity index is 699. The molecule has 0 radical (unpaired) electrons. The lowest BCUT2D eigenvalue weighted by molar-refractivity contribution is -0.0586. The normalized spacial score (nSPS) is 21.5. The van der Waals surface area contributed by atoms with Crippen LogP contribution in [0.15, 0.2) is 30.6 Å². The Morgan fingerprint density at radius 1 is 1.26 bits per heavy atom. The van der Waals surface area contributed by atoms with Crippen molar-refractivity contribution >= 4 is 5.91 Å². The predicted molar refractivity (Wildman–Crippen MR) is 89.0 cm³/mol. The first-order chi connectivity index (χ1) is 11.0. The topological polar surface area (TPSA) is 47.4 Å². The Morgan fingerprint density at radius 2 is 1.96 bits per heavy atom. The van der Waals surface area contributed by atoms with Gasteiger partial charge in [0.15, 0.2) is 0 Å². The third kappa shape index (κ3) is 3.01. The maximum absolute atomic E-state index is 12.9. The number of amides is 1. The number of aromatic nitrogens is 2. The molecule has 0 N–H and O–H groups in total. The van der Waals surface area contributed by atoms with Gasteiger partial charge in [-0.05, 0) is 45.9 Å². The fourth-order valence-electron chi connectivity index (χ4n) is 3.38. The first-order valence-electron chi connectivity index (χ1n) is 8.01. The van der Waals surface area contributed by atoms with E-state index in [4.69, 9.17) is 4.74 Å². The minimum atomic E-state index is 0.0736. The summed E-state index contributed by atoms with van der Waals surface area (Å²) in [6.07, 6.45) is 3.71. The predicted octanol–water partition coefficient (Wildman–Crippen LogP) is 2.74. The molecule has 2 aromatic heterocycles. The monoisotopic (exact) mass is 313 g/mol. The molecular formula is C18H23N3O2. The lowest BCUT2D eigenvalue weighted by atomic mass is 10.1. The highest BCUT2D eigenvalue weighted by molar-refractivity contribution is 5.96. The molecule has 1 aliphatic heterocycles. The molecule has 122 valence electrons. The molecular weight excluding hydrogens is 290 g/mol. The molecule has 0 saturated carbocycles. The summed E-state index contributed by atoms with van der Waals surface area (Å²) < 4.78 is 7.80.